The molecule has 0 aliphatic carbocycles. The molecule has 0 spiro atoms. The fourth-order valence-electron chi connectivity index (χ4n) is 1.10. The largest absolute Gasteiger partial charge is 0.374 e. The van der Waals surface area contributed by atoms with Crippen LogP contribution in [0.2, 0.25) is 0 Å². The van der Waals surface area contributed by atoms with Crippen LogP contribution in [0.4, 0.5) is 0 Å². The second-order valence-corrected chi connectivity index (χ2v) is 3.06. The third kappa shape index (κ3) is 3.61. The summed E-state index contributed by atoms with van der Waals surface area (Å²) in [6.45, 7) is 6.48. The van der Waals surface area contributed by atoms with Gasteiger partial charge in [-0.2, -0.15) is 0 Å². The Morgan fingerprint density at radius 1 is 1.36 bits per heavy atom. The Hall–Kier alpha value is -0.240. The second kappa shape index (κ2) is 5.42. The van der Waals surface area contributed by atoms with Gasteiger partial charge in [-0.05, 0) is 12.8 Å². The van der Waals surface area contributed by atoms with Gasteiger partial charge in [-0.15, -0.1) is 12.4 Å². The molecule has 66 valence electrons. The Balaban J connectivity index is 0.000001000. The first-order valence-corrected chi connectivity index (χ1v) is 4.09. The Kier molecular flexibility index (Phi) is 5.30. The van der Waals surface area contributed by atoms with Crippen LogP contribution in [0, 0.1) is 5.92 Å². The normalized spacial score (nSPS) is 17.9. The predicted octanol–water partition coefficient (Wildman–Crippen LogP) is 1.85. The summed E-state index contributed by atoms with van der Waals surface area (Å²) in [6.07, 6.45) is 2.50. The highest BCUT2D eigenvalue weighted by Gasteiger charge is 2.05. The summed E-state index contributed by atoms with van der Waals surface area (Å²) in [5, 5.41) is 3.33. The molecule has 1 heterocycles. The van der Waals surface area contributed by atoms with Crippen LogP contribution in [0.25, 0.3) is 0 Å². The third-order valence-corrected chi connectivity index (χ3v) is 1.72. The van der Waals surface area contributed by atoms with Gasteiger partial charge < -0.3 is 5.32 Å². The van der Waals surface area contributed by atoms with E-state index in [-0.39, 0.29) is 12.4 Å². The van der Waals surface area contributed by atoms with Gasteiger partial charge in [0.15, 0.2) is 0 Å². The molecule has 11 heavy (non-hydrogen) atoms. The average Bonchev–Trinajstić information content (AvgIpc) is 2.12. The number of halogens is 1. The number of rotatable bonds is 1. The van der Waals surface area contributed by atoms with Crippen molar-refractivity contribution in [2.24, 2.45) is 10.9 Å². The van der Waals surface area contributed by atoms with Crippen molar-refractivity contribution in [1.82, 2.24) is 5.32 Å². The zero-order valence-corrected chi connectivity index (χ0v) is 8.08. The highest BCUT2D eigenvalue weighted by atomic mass is 35.5. The quantitative estimate of drug-likeness (QED) is 0.648. The van der Waals surface area contributed by atoms with E-state index < -0.39 is 0 Å². The van der Waals surface area contributed by atoms with Crippen LogP contribution in [-0.4, -0.2) is 18.9 Å². The lowest BCUT2D eigenvalue weighted by molar-refractivity contribution is 0.738. The van der Waals surface area contributed by atoms with Crippen molar-refractivity contribution in [1.29, 1.82) is 0 Å². The van der Waals surface area contributed by atoms with Gasteiger partial charge in [0.1, 0.15) is 0 Å². The lowest BCUT2D eigenvalue weighted by atomic mass is 10.2. The zero-order valence-electron chi connectivity index (χ0n) is 7.26. The number of nitrogens with zero attached hydrogens (tertiary/aromatic N) is 1. The van der Waals surface area contributed by atoms with Crippen LogP contribution in [0.15, 0.2) is 4.99 Å². The molecule has 0 fully saturated rings. The van der Waals surface area contributed by atoms with E-state index in [0.29, 0.717) is 5.92 Å². The highest BCUT2D eigenvalue weighted by molar-refractivity contribution is 5.85. The SMILES string of the molecule is CC(C)C1=NCCCCN1.Cl. The fraction of sp³-hybridized carbons (Fsp3) is 0.875. The molecule has 1 rings (SSSR count). The molecule has 0 saturated carbocycles. The summed E-state index contributed by atoms with van der Waals surface area (Å²) in [4.78, 5) is 4.43. The number of hydrogen-bond acceptors (Lipinski definition) is 2. The second-order valence-electron chi connectivity index (χ2n) is 3.06. The summed E-state index contributed by atoms with van der Waals surface area (Å²) in [5.41, 5.74) is 0. The molecule has 0 aromatic rings. The fourth-order valence-corrected chi connectivity index (χ4v) is 1.10. The Morgan fingerprint density at radius 3 is 2.73 bits per heavy atom. The van der Waals surface area contributed by atoms with Crippen LogP contribution >= 0.6 is 12.4 Å². The smallest absolute Gasteiger partial charge is 0.0988 e. The minimum Gasteiger partial charge on any atom is -0.374 e. The minimum atomic E-state index is 0. The van der Waals surface area contributed by atoms with Crippen LogP contribution < -0.4 is 5.32 Å². The van der Waals surface area contributed by atoms with Gasteiger partial charge in [0.05, 0.1) is 5.84 Å². The number of aliphatic imine (C=N–C) groups is 1. The van der Waals surface area contributed by atoms with Crippen LogP contribution in [0.5, 0.6) is 0 Å². The minimum absolute atomic E-state index is 0. The molecule has 0 aromatic carbocycles. The van der Waals surface area contributed by atoms with Crippen LogP contribution in [0.3, 0.4) is 0 Å². The van der Waals surface area contributed by atoms with Gasteiger partial charge >= 0.3 is 0 Å². The predicted molar refractivity (Wildman–Crippen MR) is 51.6 cm³/mol. The van der Waals surface area contributed by atoms with Gasteiger partial charge in [0, 0.05) is 19.0 Å². The Morgan fingerprint density at radius 2 is 2.09 bits per heavy atom. The molecule has 0 atom stereocenters. The molecule has 3 heteroatoms. The summed E-state index contributed by atoms with van der Waals surface area (Å²) < 4.78 is 0. The van der Waals surface area contributed by atoms with Gasteiger partial charge in [-0.25, -0.2) is 0 Å². The molecule has 0 radical (unpaired) electrons. The molecule has 0 bridgehead atoms. The van der Waals surface area contributed by atoms with Crippen LogP contribution in [0.1, 0.15) is 26.7 Å². The molecule has 0 aromatic heterocycles. The standard InChI is InChI=1S/C8H16N2.ClH/c1-7(2)8-9-5-3-4-6-10-8;/h7H,3-6H2,1-2H3,(H,9,10);1H. The summed E-state index contributed by atoms with van der Waals surface area (Å²) >= 11 is 0. The maximum Gasteiger partial charge on any atom is 0.0988 e. The van der Waals surface area contributed by atoms with E-state index in [9.17, 15) is 0 Å². The number of nitrogens with one attached hydrogen (secondary N) is 1. The topological polar surface area (TPSA) is 24.4 Å². The first-order chi connectivity index (χ1) is 4.80. The summed E-state index contributed by atoms with van der Waals surface area (Å²) in [6, 6.07) is 0. The molecule has 2 nitrogen and oxygen atoms in total. The van der Waals surface area contributed by atoms with Gasteiger partial charge in [-0.1, -0.05) is 13.8 Å². The average molecular weight is 177 g/mol. The van der Waals surface area contributed by atoms with E-state index in [1.54, 1.807) is 0 Å². The van der Waals surface area contributed by atoms with Gasteiger partial charge in [-0.3, -0.25) is 4.99 Å². The van der Waals surface area contributed by atoms with E-state index in [1.165, 1.54) is 18.7 Å². The molecule has 1 aliphatic heterocycles. The van der Waals surface area contributed by atoms with Crippen molar-refractivity contribution in [2.45, 2.75) is 26.7 Å². The zero-order chi connectivity index (χ0) is 7.40. The lowest BCUT2D eigenvalue weighted by Crippen LogP contribution is -2.27. The van der Waals surface area contributed by atoms with E-state index in [1.807, 2.05) is 0 Å². The monoisotopic (exact) mass is 176 g/mol. The summed E-state index contributed by atoms with van der Waals surface area (Å²) in [7, 11) is 0. The molecule has 1 aliphatic rings. The van der Waals surface area contributed by atoms with Gasteiger partial charge in [0.25, 0.3) is 0 Å². The van der Waals surface area contributed by atoms with Crippen molar-refractivity contribution < 1.29 is 0 Å². The van der Waals surface area contributed by atoms with Crippen molar-refractivity contribution >= 4 is 18.2 Å². The molecular weight excluding hydrogens is 160 g/mol. The maximum atomic E-state index is 4.43. The van der Waals surface area contributed by atoms with Crippen molar-refractivity contribution in [2.75, 3.05) is 13.1 Å². The Bertz CT molecular complexity index is 132. The lowest BCUT2D eigenvalue weighted by Gasteiger charge is -2.09. The summed E-state index contributed by atoms with van der Waals surface area (Å²) in [5.74, 6) is 1.76. The van der Waals surface area contributed by atoms with Crippen LogP contribution in [-0.2, 0) is 0 Å². The maximum absolute atomic E-state index is 4.43. The van der Waals surface area contributed by atoms with Gasteiger partial charge in [0.2, 0.25) is 0 Å². The van der Waals surface area contributed by atoms with E-state index >= 15 is 0 Å². The molecule has 0 unspecified atom stereocenters. The third-order valence-electron chi connectivity index (χ3n) is 1.72. The highest BCUT2D eigenvalue weighted by Crippen LogP contribution is 2.00. The van der Waals surface area contributed by atoms with Crippen molar-refractivity contribution in [3.8, 4) is 0 Å². The van der Waals surface area contributed by atoms with Crippen molar-refractivity contribution in [3.63, 3.8) is 0 Å². The van der Waals surface area contributed by atoms with Crippen molar-refractivity contribution in [3.05, 3.63) is 0 Å². The van der Waals surface area contributed by atoms with E-state index in [0.717, 1.165) is 13.1 Å². The first kappa shape index (κ1) is 10.8. The number of hydrogen-bond donors (Lipinski definition) is 1. The number of amidine groups is 1. The molecular formula is C8H17ClN2. The Labute approximate surface area is 74.9 Å². The van der Waals surface area contributed by atoms with E-state index in [2.05, 4.69) is 24.2 Å². The molecule has 1 N–H and O–H groups in total. The van der Waals surface area contributed by atoms with E-state index in [4.69, 9.17) is 0 Å². The molecule has 0 saturated heterocycles. The first-order valence-electron chi connectivity index (χ1n) is 4.09. The molecule has 0 amide bonds.